The SMILES string of the molecule is COC1(C)CCCN(c2cncc(CNC(C)(C)C)n2)C1. The molecule has 0 radical (unpaired) electrons. The van der Waals surface area contributed by atoms with E-state index >= 15 is 0 Å². The van der Waals surface area contributed by atoms with Crippen LogP contribution in [0.1, 0.15) is 46.2 Å². The molecule has 0 aromatic carbocycles. The van der Waals surface area contributed by atoms with Gasteiger partial charge in [-0.3, -0.25) is 4.98 Å². The lowest BCUT2D eigenvalue weighted by Gasteiger charge is -2.40. The molecule has 5 heteroatoms. The van der Waals surface area contributed by atoms with E-state index in [-0.39, 0.29) is 11.1 Å². The van der Waals surface area contributed by atoms with Crippen molar-refractivity contribution in [1.82, 2.24) is 15.3 Å². The maximum Gasteiger partial charge on any atom is 0.147 e. The first-order valence-corrected chi connectivity index (χ1v) is 7.67. The smallest absolute Gasteiger partial charge is 0.147 e. The maximum atomic E-state index is 5.65. The summed E-state index contributed by atoms with van der Waals surface area (Å²) in [4.78, 5) is 11.4. The van der Waals surface area contributed by atoms with Crippen LogP contribution in [0, 0.1) is 0 Å². The Hall–Kier alpha value is -1.20. The molecular formula is C16H28N4O. The number of nitrogens with zero attached hydrogens (tertiary/aromatic N) is 3. The van der Waals surface area contributed by atoms with E-state index in [4.69, 9.17) is 9.72 Å². The highest BCUT2D eigenvalue weighted by molar-refractivity contribution is 5.37. The Labute approximate surface area is 128 Å². The highest BCUT2D eigenvalue weighted by Gasteiger charge is 2.31. The fourth-order valence-electron chi connectivity index (χ4n) is 2.56. The Morgan fingerprint density at radius 1 is 1.38 bits per heavy atom. The first kappa shape index (κ1) is 16.2. The molecule has 1 saturated heterocycles. The number of rotatable bonds is 4. The van der Waals surface area contributed by atoms with Crippen LogP contribution >= 0.6 is 0 Å². The lowest BCUT2D eigenvalue weighted by Crippen LogP contribution is -2.47. The van der Waals surface area contributed by atoms with Gasteiger partial charge in [0.2, 0.25) is 0 Å². The Morgan fingerprint density at radius 2 is 2.14 bits per heavy atom. The lowest BCUT2D eigenvalue weighted by atomic mass is 9.95. The second kappa shape index (κ2) is 6.28. The van der Waals surface area contributed by atoms with Crippen LogP contribution in [-0.4, -0.2) is 41.3 Å². The van der Waals surface area contributed by atoms with E-state index in [0.717, 1.165) is 44.0 Å². The standard InChI is InChI=1S/C16H28N4O/c1-15(2,3)18-10-13-9-17-11-14(19-13)20-8-6-7-16(4,12-20)21-5/h9,11,18H,6-8,10,12H2,1-5H3. The van der Waals surface area contributed by atoms with Crippen LogP contribution in [-0.2, 0) is 11.3 Å². The maximum absolute atomic E-state index is 5.65. The third-order valence-corrected chi connectivity index (χ3v) is 3.95. The van der Waals surface area contributed by atoms with Gasteiger partial charge in [0.25, 0.3) is 0 Å². The molecule has 1 N–H and O–H groups in total. The highest BCUT2D eigenvalue weighted by Crippen LogP contribution is 2.26. The normalized spacial score (nSPS) is 23.4. The average molecular weight is 292 g/mol. The molecule has 5 nitrogen and oxygen atoms in total. The van der Waals surface area contributed by atoms with Crippen LogP contribution in [0.2, 0.25) is 0 Å². The van der Waals surface area contributed by atoms with Gasteiger partial charge >= 0.3 is 0 Å². The van der Waals surface area contributed by atoms with Crippen LogP contribution in [0.4, 0.5) is 5.82 Å². The summed E-state index contributed by atoms with van der Waals surface area (Å²) in [5.74, 6) is 0.950. The molecule has 21 heavy (non-hydrogen) atoms. The molecule has 2 heterocycles. The molecule has 1 unspecified atom stereocenters. The molecule has 118 valence electrons. The summed E-state index contributed by atoms with van der Waals surface area (Å²) in [7, 11) is 1.79. The van der Waals surface area contributed by atoms with E-state index < -0.39 is 0 Å². The quantitative estimate of drug-likeness (QED) is 0.923. The van der Waals surface area contributed by atoms with Crippen molar-refractivity contribution in [1.29, 1.82) is 0 Å². The van der Waals surface area contributed by atoms with Gasteiger partial charge in [-0.15, -0.1) is 0 Å². The second-order valence-corrected chi connectivity index (χ2v) is 7.15. The van der Waals surface area contributed by atoms with Crippen molar-refractivity contribution in [3.8, 4) is 0 Å². The van der Waals surface area contributed by atoms with Crippen molar-refractivity contribution in [3.05, 3.63) is 18.1 Å². The summed E-state index contributed by atoms with van der Waals surface area (Å²) in [6, 6.07) is 0. The van der Waals surface area contributed by atoms with E-state index in [2.05, 4.69) is 42.9 Å². The predicted molar refractivity (Wildman–Crippen MR) is 85.5 cm³/mol. The Kier molecular flexibility index (Phi) is 4.84. The number of hydrogen-bond acceptors (Lipinski definition) is 5. The average Bonchev–Trinajstić information content (AvgIpc) is 2.45. The molecule has 2 rings (SSSR count). The van der Waals surface area contributed by atoms with Crippen LogP contribution in [0.3, 0.4) is 0 Å². The van der Waals surface area contributed by atoms with E-state index in [1.807, 2.05) is 12.4 Å². The Bertz CT molecular complexity index is 472. The first-order chi connectivity index (χ1) is 9.81. The van der Waals surface area contributed by atoms with Gasteiger partial charge < -0.3 is 15.0 Å². The van der Waals surface area contributed by atoms with Gasteiger partial charge in [0, 0.05) is 38.5 Å². The van der Waals surface area contributed by atoms with E-state index in [1.165, 1.54) is 0 Å². The molecule has 0 aliphatic carbocycles. The zero-order valence-electron chi connectivity index (χ0n) is 13.9. The molecule has 1 aliphatic rings. The summed E-state index contributed by atoms with van der Waals surface area (Å²) in [6.07, 6.45) is 5.90. The van der Waals surface area contributed by atoms with Crippen LogP contribution in [0.5, 0.6) is 0 Å². The molecule has 0 spiro atoms. The number of piperidine rings is 1. The summed E-state index contributed by atoms with van der Waals surface area (Å²) < 4.78 is 5.65. The number of ether oxygens (including phenoxy) is 1. The van der Waals surface area contributed by atoms with Gasteiger partial charge in [-0.1, -0.05) is 0 Å². The minimum absolute atomic E-state index is 0.0808. The third kappa shape index (κ3) is 4.64. The third-order valence-electron chi connectivity index (χ3n) is 3.95. The van der Waals surface area contributed by atoms with Crippen molar-refractivity contribution in [2.45, 2.75) is 58.2 Å². The van der Waals surface area contributed by atoms with Gasteiger partial charge in [-0.2, -0.15) is 0 Å². The number of hydrogen-bond donors (Lipinski definition) is 1. The molecule has 0 saturated carbocycles. The molecule has 1 aliphatic heterocycles. The zero-order valence-corrected chi connectivity index (χ0v) is 13.9. The van der Waals surface area contributed by atoms with Gasteiger partial charge in [-0.25, -0.2) is 4.98 Å². The minimum Gasteiger partial charge on any atom is -0.377 e. The zero-order chi connectivity index (χ0) is 15.5. The number of nitrogens with one attached hydrogen (secondary N) is 1. The van der Waals surface area contributed by atoms with E-state index in [9.17, 15) is 0 Å². The fraction of sp³-hybridized carbons (Fsp3) is 0.750. The number of aromatic nitrogens is 2. The largest absolute Gasteiger partial charge is 0.377 e. The number of methoxy groups -OCH3 is 1. The molecule has 0 amide bonds. The van der Waals surface area contributed by atoms with Crippen LogP contribution in [0.25, 0.3) is 0 Å². The van der Waals surface area contributed by atoms with Gasteiger partial charge in [-0.05, 0) is 40.5 Å². The second-order valence-electron chi connectivity index (χ2n) is 7.15. The highest BCUT2D eigenvalue weighted by atomic mass is 16.5. The van der Waals surface area contributed by atoms with Crippen molar-refractivity contribution in [2.75, 3.05) is 25.1 Å². The van der Waals surface area contributed by atoms with Crippen molar-refractivity contribution >= 4 is 5.82 Å². The van der Waals surface area contributed by atoms with Crippen molar-refractivity contribution < 1.29 is 4.74 Å². The first-order valence-electron chi connectivity index (χ1n) is 7.67. The van der Waals surface area contributed by atoms with Gasteiger partial charge in [0.1, 0.15) is 5.82 Å². The molecule has 1 aromatic rings. The molecule has 1 atom stereocenters. The Morgan fingerprint density at radius 3 is 2.81 bits per heavy atom. The summed E-state index contributed by atoms with van der Waals surface area (Å²) >= 11 is 0. The fourth-order valence-corrected chi connectivity index (χ4v) is 2.56. The van der Waals surface area contributed by atoms with Gasteiger partial charge in [0.15, 0.2) is 0 Å². The lowest BCUT2D eigenvalue weighted by molar-refractivity contribution is -0.00483. The van der Waals surface area contributed by atoms with Crippen molar-refractivity contribution in [2.24, 2.45) is 0 Å². The summed E-state index contributed by atoms with van der Waals surface area (Å²) in [5, 5.41) is 3.45. The predicted octanol–water partition coefficient (Wildman–Crippen LogP) is 2.37. The minimum atomic E-state index is -0.0837. The van der Waals surface area contributed by atoms with E-state index in [1.54, 1.807) is 7.11 Å². The monoisotopic (exact) mass is 292 g/mol. The van der Waals surface area contributed by atoms with Crippen molar-refractivity contribution in [3.63, 3.8) is 0 Å². The molecular weight excluding hydrogens is 264 g/mol. The summed E-state index contributed by atoms with van der Waals surface area (Å²) in [5.41, 5.74) is 0.976. The molecule has 0 bridgehead atoms. The van der Waals surface area contributed by atoms with Gasteiger partial charge in [0.05, 0.1) is 17.5 Å². The molecule has 1 aromatic heterocycles. The van der Waals surface area contributed by atoms with Crippen LogP contribution < -0.4 is 10.2 Å². The molecule has 1 fully saturated rings. The topological polar surface area (TPSA) is 50.3 Å². The van der Waals surface area contributed by atoms with Crippen LogP contribution in [0.15, 0.2) is 12.4 Å². The van der Waals surface area contributed by atoms with E-state index in [0.29, 0.717) is 0 Å². The number of anilines is 1. The Balaban J connectivity index is 2.06. The summed E-state index contributed by atoms with van der Waals surface area (Å²) in [6.45, 7) is 11.2.